The Hall–Kier alpha value is -1.94. The lowest BCUT2D eigenvalue weighted by Gasteiger charge is -2.21. The first-order valence-corrected chi connectivity index (χ1v) is 43.8. The van der Waals surface area contributed by atoms with Gasteiger partial charge in [-0.05, 0) is 43.4 Å². The summed E-state index contributed by atoms with van der Waals surface area (Å²) >= 11 is 0. The fraction of sp³-hybridized carbons (Fsp3) is 0.949. The molecule has 3 N–H and O–H groups in total. The third kappa shape index (κ3) is 72.4. The van der Waals surface area contributed by atoms with Gasteiger partial charge in [0.25, 0.3) is 0 Å². The summed E-state index contributed by atoms with van der Waals surface area (Å²) in [6.45, 7) is 11.9. The van der Waals surface area contributed by atoms with Gasteiger partial charge in [-0.2, -0.15) is 0 Å². The van der Waals surface area contributed by atoms with Gasteiger partial charge in [0.2, 0.25) is 0 Å². The van der Waals surface area contributed by atoms with Crippen molar-refractivity contribution >= 4 is 39.5 Å². The van der Waals surface area contributed by atoms with E-state index in [1.807, 2.05) is 0 Å². The number of hydrogen-bond acceptors (Lipinski definition) is 15. The Kier molecular flexibility index (Phi) is 68.1. The maximum atomic E-state index is 13.1. The minimum Gasteiger partial charge on any atom is -0.462 e. The van der Waals surface area contributed by atoms with Crippen molar-refractivity contribution in [2.75, 3.05) is 39.6 Å². The first kappa shape index (κ1) is 96.1. The second-order valence-electron chi connectivity index (χ2n) is 29.9. The van der Waals surface area contributed by atoms with E-state index < -0.39 is 97.5 Å². The number of carbonyl (C=O) groups is 4. The summed E-state index contributed by atoms with van der Waals surface area (Å²) in [5, 5.41) is 10.6. The first-order chi connectivity index (χ1) is 47.2. The third-order valence-electron chi connectivity index (χ3n) is 18.4. The largest absolute Gasteiger partial charge is 0.472 e. The third-order valence-corrected chi connectivity index (χ3v) is 20.3. The number of unbranched alkanes of at least 4 members (excludes halogenated alkanes) is 45. The predicted octanol–water partition coefficient (Wildman–Crippen LogP) is 23.4. The number of rotatable bonds is 77. The first-order valence-electron chi connectivity index (χ1n) is 40.8. The molecule has 0 aromatic heterocycles. The smallest absolute Gasteiger partial charge is 0.462 e. The Morgan fingerprint density at radius 2 is 0.469 bits per heavy atom. The zero-order chi connectivity index (χ0) is 72.3. The lowest BCUT2D eigenvalue weighted by atomic mass is 10.0. The fourth-order valence-corrected chi connectivity index (χ4v) is 13.7. The Morgan fingerprint density at radius 3 is 0.694 bits per heavy atom. The predicted molar refractivity (Wildman–Crippen MR) is 400 cm³/mol. The molecule has 0 spiro atoms. The number of carbonyl (C=O) groups excluding carboxylic acids is 4. The molecule has 0 aromatic rings. The van der Waals surface area contributed by atoms with Crippen LogP contribution < -0.4 is 0 Å². The molecule has 2 unspecified atom stereocenters. The van der Waals surface area contributed by atoms with E-state index in [9.17, 15) is 43.2 Å². The zero-order valence-corrected chi connectivity index (χ0v) is 66.0. The molecule has 0 heterocycles. The number of hydrogen-bond donors (Lipinski definition) is 3. The van der Waals surface area contributed by atoms with Gasteiger partial charge in [0, 0.05) is 25.7 Å². The van der Waals surface area contributed by atoms with Crippen LogP contribution in [0.2, 0.25) is 0 Å². The van der Waals surface area contributed by atoms with E-state index in [4.69, 9.17) is 37.0 Å². The molecule has 98 heavy (non-hydrogen) atoms. The quantitative estimate of drug-likeness (QED) is 0.0222. The number of aliphatic hydroxyl groups is 1. The minimum absolute atomic E-state index is 0.106. The van der Waals surface area contributed by atoms with E-state index in [1.54, 1.807) is 0 Å². The van der Waals surface area contributed by atoms with Gasteiger partial charge in [0.05, 0.1) is 26.4 Å². The Balaban J connectivity index is 5.17. The molecule has 5 atom stereocenters. The fourth-order valence-electron chi connectivity index (χ4n) is 12.1. The number of esters is 4. The van der Waals surface area contributed by atoms with E-state index in [0.717, 1.165) is 120 Å². The average Bonchev–Trinajstić information content (AvgIpc) is 0.957. The molecule has 0 fully saturated rings. The van der Waals surface area contributed by atoms with Crippen LogP contribution in [0, 0.1) is 17.8 Å². The molecular formula is C79H154O17P2. The monoisotopic (exact) mass is 1440 g/mol. The van der Waals surface area contributed by atoms with Crippen molar-refractivity contribution < 1.29 is 80.2 Å². The molecule has 0 aromatic carbocycles. The van der Waals surface area contributed by atoms with E-state index in [0.29, 0.717) is 25.7 Å². The second-order valence-corrected chi connectivity index (χ2v) is 32.8. The molecule has 17 nitrogen and oxygen atoms in total. The molecule has 0 bridgehead atoms. The molecule has 0 saturated heterocycles. The molecule has 0 aliphatic heterocycles. The van der Waals surface area contributed by atoms with E-state index in [1.165, 1.54) is 205 Å². The molecule has 0 saturated carbocycles. The van der Waals surface area contributed by atoms with Crippen molar-refractivity contribution in [1.82, 2.24) is 0 Å². The number of phosphoric ester groups is 2. The molecule has 0 radical (unpaired) electrons. The maximum Gasteiger partial charge on any atom is 0.472 e. The van der Waals surface area contributed by atoms with Crippen LogP contribution in [0.25, 0.3) is 0 Å². The van der Waals surface area contributed by atoms with Crippen molar-refractivity contribution in [1.29, 1.82) is 0 Å². The van der Waals surface area contributed by atoms with Crippen LogP contribution in [-0.4, -0.2) is 96.7 Å². The van der Waals surface area contributed by atoms with Crippen LogP contribution in [-0.2, 0) is 65.4 Å². The Bertz CT molecular complexity index is 1900. The van der Waals surface area contributed by atoms with Crippen molar-refractivity contribution in [3.8, 4) is 0 Å². The number of phosphoric acid groups is 2. The normalized spacial score (nSPS) is 14.0. The summed E-state index contributed by atoms with van der Waals surface area (Å²) in [4.78, 5) is 72.8. The van der Waals surface area contributed by atoms with Crippen molar-refractivity contribution in [2.45, 2.75) is 426 Å². The summed E-state index contributed by atoms with van der Waals surface area (Å²) in [5.74, 6) is 0.261. The van der Waals surface area contributed by atoms with Crippen molar-refractivity contribution in [3.05, 3.63) is 0 Å². The molecule has 0 rings (SSSR count). The SMILES string of the molecule is CCCCCCCCCC(=O)OC[C@H](COP(=O)(O)OC[C@H](O)COP(=O)(O)OC[C@@H](COC(=O)CCCCCCCCCCCCCCC(C)C)OC(=O)CCCCCCCCCCCCCCCCCCCCC(C)C)OC(=O)CCCCCCCCCCCCCCC(C)C. The van der Waals surface area contributed by atoms with Crippen LogP contribution >= 0.6 is 15.6 Å². The van der Waals surface area contributed by atoms with Gasteiger partial charge in [0.1, 0.15) is 19.3 Å². The molecule has 0 aliphatic carbocycles. The van der Waals surface area contributed by atoms with E-state index >= 15 is 0 Å². The zero-order valence-electron chi connectivity index (χ0n) is 64.3. The van der Waals surface area contributed by atoms with Crippen LogP contribution in [0.4, 0.5) is 0 Å². The molecule has 582 valence electrons. The second kappa shape index (κ2) is 69.4. The Labute approximate surface area is 600 Å². The summed E-state index contributed by atoms with van der Waals surface area (Å²) in [5.41, 5.74) is 0. The topological polar surface area (TPSA) is 237 Å². The van der Waals surface area contributed by atoms with E-state index in [2.05, 4.69) is 48.5 Å². The van der Waals surface area contributed by atoms with Gasteiger partial charge in [0.15, 0.2) is 12.2 Å². The summed E-state index contributed by atoms with van der Waals surface area (Å²) < 4.78 is 68.5. The lowest BCUT2D eigenvalue weighted by molar-refractivity contribution is -0.161. The molecular weight excluding hydrogens is 1280 g/mol. The van der Waals surface area contributed by atoms with Crippen LogP contribution in [0.5, 0.6) is 0 Å². The minimum atomic E-state index is -4.96. The highest BCUT2D eigenvalue weighted by atomic mass is 31.2. The van der Waals surface area contributed by atoms with Gasteiger partial charge >= 0.3 is 39.5 Å². The van der Waals surface area contributed by atoms with Crippen LogP contribution in [0.3, 0.4) is 0 Å². The average molecular weight is 1440 g/mol. The summed E-state index contributed by atoms with van der Waals surface area (Å²) in [6.07, 6.45) is 57.1. The van der Waals surface area contributed by atoms with Gasteiger partial charge in [-0.25, -0.2) is 9.13 Å². The van der Waals surface area contributed by atoms with Gasteiger partial charge < -0.3 is 33.8 Å². The van der Waals surface area contributed by atoms with Crippen LogP contribution in [0.1, 0.15) is 408 Å². The maximum absolute atomic E-state index is 13.1. The number of aliphatic hydroxyl groups excluding tert-OH is 1. The number of ether oxygens (including phenoxy) is 4. The van der Waals surface area contributed by atoms with Crippen molar-refractivity contribution in [2.24, 2.45) is 17.8 Å². The molecule has 0 amide bonds. The standard InChI is InChI=1S/C79H154O17P2/c1-8-9-10-11-36-46-53-60-76(81)89-66-74(95-78(83)63-56-49-42-35-29-23-21-26-32-39-45-52-59-72(6)7)68-93-97(85,86)91-64-73(80)65-92-98(87,88)94-69-75(67-90-77(82)61-54-47-40-33-27-22-20-25-31-38-44-51-58-71(4)5)96-79(84)62-55-48-41-34-28-19-17-15-13-12-14-16-18-24-30-37-43-50-57-70(2)3/h70-75,80H,8-69H2,1-7H3,(H,85,86)(H,87,88)/t73-,74+,75+/m0/s1. The van der Waals surface area contributed by atoms with Crippen LogP contribution in [0.15, 0.2) is 0 Å². The summed E-state index contributed by atoms with van der Waals surface area (Å²) in [7, 11) is -9.91. The molecule has 19 heteroatoms. The summed E-state index contributed by atoms with van der Waals surface area (Å²) in [6, 6.07) is 0. The lowest BCUT2D eigenvalue weighted by Crippen LogP contribution is -2.30. The molecule has 0 aliphatic rings. The van der Waals surface area contributed by atoms with Gasteiger partial charge in [-0.15, -0.1) is 0 Å². The highest BCUT2D eigenvalue weighted by Crippen LogP contribution is 2.45. The highest BCUT2D eigenvalue weighted by Gasteiger charge is 2.30. The van der Waals surface area contributed by atoms with Gasteiger partial charge in [-0.1, -0.05) is 357 Å². The highest BCUT2D eigenvalue weighted by molar-refractivity contribution is 7.47. The van der Waals surface area contributed by atoms with E-state index in [-0.39, 0.29) is 25.7 Å². The van der Waals surface area contributed by atoms with Gasteiger partial charge in [-0.3, -0.25) is 37.3 Å². The Morgan fingerprint density at radius 1 is 0.276 bits per heavy atom. The van der Waals surface area contributed by atoms with Crippen molar-refractivity contribution in [3.63, 3.8) is 0 Å².